The lowest BCUT2D eigenvalue weighted by atomic mass is 10.1. The zero-order chi connectivity index (χ0) is 14.8. The number of aromatic amines is 1. The molecule has 5 aromatic rings. The van der Waals surface area contributed by atoms with Crippen molar-refractivity contribution in [3.05, 3.63) is 59.1 Å². The molecule has 102 valence electrons. The van der Waals surface area contributed by atoms with E-state index >= 15 is 0 Å². The van der Waals surface area contributed by atoms with Gasteiger partial charge in [-0.05, 0) is 36.4 Å². The molecular weight excluding hydrogens is 351 g/mol. The lowest BCUT2D eigenvalue weighted by Gasteiger charge is -2.00. The average molecular weight is 361 g/mol. The predicted octanol–water partition coefficient (Wildman–Crippen LogP) is 5.12. The van der Waals surface area contributed by atoms with E-state index in [9.17, 15) is 0 Å². The van der Waals surface area contributed by atoms with Crippen molar-refractivity contribution in [2.24, 2.45) is 0 Å². The summed E-state index contributed by atoms with van der Waals surface area (Å²) in [7, 11) is 0. The standard InChI is InChI=1S/C18H10BrN2.Al/c19-10-5-6-14-12(9-10)18-16(21-14)8-7-15-17(18)11-3-1-2-4-13(11)20-15;/h1-9,21H;/q-1;+1. The first kappa shape index (κ1) is 12.8. The molecule has 0 aliphatic carbocycles. The van der Waals surface area contributed by atoms with Crippen molar-refractivity contribution in [2.45, 2.75) is 0 Å². The third-order valence-corrected chi connectivity index (χ3v) is 5.45. The summed E-state index contributed by atoms with van der Waals surface area (Å²) < 4.78 is 3.30. The summed E-state index contributed by atoms with van der Waals surface area (Å²) in [5.41, 5.74) is 4.83. The lowest BCUT2D eigenvalue weighted by Crippen LogP contribution is -1.89. The lowest BCUT2D eigenvalue weighted by molar-refractivity contribution is 1.39. The van der Waals surface area contributed by atoms with E-state index in [4.69, 9.17) is 0 Å². The number of benzene rings is 3. The van der Waals surface area contributed by atoms with Crippen LogP contribution in [-0.4, -0.2) is 25.0 Å². The maximum Gasteiger partial charge on any atom is 0.318 e. The fraction of sp³-hybridized carbons (Fsp3) is 0. The van der Waals surface area contributed by atoms with E-state index in [2.05, 4.69) is 95.6 Å². The molecule has 0 saturated carbocycles. The Balaban J connectivity index is 2.18. The second-order valence-corrected chi connectivity index (χ2v) is 7.02. The molecule has 2 radical (unpaired) electrons. The maximum absolute atomic E-state index is 3.60. The highest BCUT2D eigenvalue weighted by atomic mass is 79.9. The molecule has 22 heavy (non-hydrogen) atoms. The fourth-order valence-electron chi connectivity index (χ4n) is 3.45. The van der Waals surface area contributed by atoms with Gasteiger partial charge >= 0.3 is 16.5 Å². The number of fused-ring (bicyclic) bond motifs is 7. The Bertz CT molecular complexity index is 1200. The van der Waals surface area contributed by atoms with Crippen molar-refractivity contribution in [3.63, 3.8) is 0 Å². The Kier molecular flexibility index (Phi) is 2.55. The number of nitrogens with zero attached hydrogens (tertiary/aromatic N) is 1. The van der Waals surface area contributed by atoms with Crippen molar-refractivity contribution in [2.75, 3.05) is 0 Å². The molecule has 5 rings (SSSR count). The number of nitrogens with one attached hydrogen (secondary N) is 1. The zero-order valence-corrected chi connectivity index (χ0v) is 14.3. The zero-order valence-electron chi connectivity index (χ0n) is 11.6. The van der Waals surface area contributed by atoms with Crippen molar-refractivity contribution in [1.82, 2.24) is 8.53 Å². The molecular formula is C18H10AlBrN2. The van der Waals surface area contributed by atoms with Gasteiger partial charge < -0.3 is 8.53 Å². The van der Waals surface area contributed by atoms with Crippen LogP contribution in [0.25, 0.3) is 43.6 Å². The van der Waals surface area contributed by atoms with Gasteiger partial charge in [0.1, 0.15) is 0 Å². The minimum atomic E-state index is 1.10. The summed E-state index contributed by atoms with van der Waals surface area (Å²) in [5.74, 6) is 0. The van der Waals surface area contributed by atoms with Crippen molar-refractivity contribution < 1.29 is 0 Å². The molecule has 2 nitrogen and oxygen atoms in total. The Hall–Kier alpha value is -1.73. The van der Waals surface area contributed by atoms with Gasteiger partial charge in [0.25, 0.3) is 0 Å². The Morgan fingerprint density at radius 2 is 1.64 bits per heavy atom. The van der Waals surface area contributed by atoms with Crippen LogP contribution in [0, 0.1) is 0 Å². The molecule has 0 atom stereocenters. The number of hydrogen-bond acceptors (Lipinski definition) is 0. The van der Waals surface area contributed by atoms with E-state index in [1.807, 2.05) is 0 Å². The van der Waals surface area contributed by atoms with Gasteiger partial charge in [-0.1, -0.05) is 34.1 Å². The van der Waals surface area contributed by atoms with Crippen LogP contribution >= 0.6 is 15.9 Å². The van der Waals surface area contributed by atoms with Crippen molar-refractivity contribution >= 4 is 76.1 Å². The fourth-order valence-corrected chi connectivity index (χ4v) is 4.25. The van der Waals surface area contributed by atoms with E-state index in [1.165, 1.54) is 43.6 Å². The van der Waals surface area contributed by atoms with E-state index in [-0.39, 0.29) is 0 Å². The SMILES string of the molecule is [Al][n]1c2ccccc2c2c3c(ccc21)[nH]c1ccc(Br)cc13. The molecule has 0 spiro atoms. The van der Waals surface area contributed by atoms with E-state index in [0.717, 1.165) is 4.47 Å². The van der Waals surface area contributed by atoms with Crippen LogP contribution in [0.4, 0.5) is 0 Å². The molecule has 0 unspecified atom stereocenters. The molecule has 0 aliphatic heterocycles. The number of para-hydroxylation sites is 1. The average Bonchev–Trinajstić information content (AvgIpc) is 3.04. The number of aromatic nitrogens is 2. The van der Waals surface area contributed by atoms with E-state index < -0.39 is 0 Å². The van der Waals surface area contributed by atoms with Crippen LogP contribution in [-0.2, 0) is 0 Å². The summed E-state index contributed by atoms with van der Waals surface area (Å²) >= 11 is 6.43. The number of H-pyrrole nitrogens is 1. The van der Waals surface area contributed by atoms with Crippen LogP contribution in [0.2, 0.25) is 0 Å². The minimum Gasteiger partial charge on any atom is -0.452 e. The van der Waals surface area contributed by atoms with E-state index in [0.29, 0.717) is 0 Å². The summed E-state index contributed by atoms with van der Waals surface area (Å²) in [6.07, 6.45) is 0. The normalized spacial score (nSPS) is 12.0. The smallest absolute Gasteiger partial charge is 0.318 e. The van der Waals surface area contributed by atoms with Gasteiger partial charge in [0, 0.05) is 48.1 Å². The molecule has 3 aromatic carbocycles. The third-order valence-electron chi connectivity index (χ3n) is 4.40. The highest BCUT2D eigenvalue weighted by Crippen LogP contribution is 2.38. The first-order valence-corrected chi connectivity index (χ1v) is 8.43. The Morgan fingerprint density at radius 1 is 0.818 bits per heavy atom. The van der Waals surface area contributed by atoms with Gasteiger partial charge in [-0.2, -0.15) is 0 Å². The molecule has 0 fully saturated rings. The Morgan fingerprint density at radius 3 is 2.55 bits per heavy atom. The van der Waals surface area contributed by atoms with Gasteiger partial charge in [-0.3, -0.25) is 0 Å². The third kappa shape index (κ3) is 1.55. The summed E-state index contributed by atoms with van der Waals surface area (Å²) in [4.78, 5) is 3.53. The summed E-state index contributed by atoms with van der Waals surface area (Å²) in [6.45, 7) is 0. The summed E-state index contributed by atoms with van der Waals surface area (Å²) in [6, 6.07) is 19.3. The maximum atomic E-state index is 3.60. The second-order valence-electron chi connectivity index (χ2n) is 5.58. The largest absolute Gasteiger partial charge is 0.452 e. The van der Waals surface area contributed by atoms with Crippen LogP contribution in [0.5, 0.6) is 0 Å². The molecule has 2 heterocycles. The van der Waals surface area contributed by atoms with Crippen molar-refractivity contribution in [1.29, 1.82) is 0 Å². The van der Waals surface area contributed by atoms with Crippen LogP contribution in [0.15, 0.2) is 59.1 Å². The highest BCUT2D eigenvalue weighted by Gasteiger charge is 2.14. The molecule has 1 N–H and O–H groups in total. The van der Waals surface area contributed by atoms with Gasteiger partial charge in [0.05, 0.1) is 0 Å². The predicted molar refractivity (Wildman–Crippen MR) is 97.7 cm³/mol. The number of halogens is 1. The highest BCUT2D eigenvalue weighted by molar-refractivity contribution is 9.10. The number of hydrogen-bond donors (Lipinski definition) is 1. The Labute approximate surface area is 143 Å². The monoisotopic (exact) mass is 360 g/mol. The number of rotatable bonds is 0. The molecule has 0 amide bonds. The van der Waals surface area contributed by atoms with Gasteiger partial charge in [-0.15, -0.1) is 0 Å². The van der Waals surface area contributed by atoms with Crippen molar-refractivity contribution in [3.8, 4) is 0 Å². The first-order chi connectivity index (χ1) is 10.7. The van der Waals surface area contributed by atoms with Crippen LogP contribution in [0.3, 0.4) is 0 Å². The van der Waals surface area contributed by atoms with Gasteiger partial charge in [-0.25, -0.2) is 0 Å². The second kappa shape index (κ2) is 4.39. The van der Waals surface area contributed by atoms with Gasteiger partial charge in [0.2, 0.25) is 0 Å². The van der Waals surface area contributed by atoms with Crippen LogP contribution in [0.1, 0.15) is 0 Å². The quantitative estimate of drug-likeness (QED) is 0.370. The topological polar surface area (TPSA) is 20.7 Å². The molecule has 0 aliphatic rings. The molecule has 2 aromatic heterocycles. The summed E-state index contributed by atoms with van der Waals surface area (Å²) in [5, 5.41) is 5.16. The van der Waals surface area contributed by atoms with E-state index in [1.54, 1.807) is 0 Å². The van der Waals surface area contributed by atoms with Crippen LogP contribution < -0.4 is 0 Å². The minimum absolute atomic E-state index is 1.10. The first-order valence-electron chi connectivity index (χ1n) is 7.12. The van der Waals surface area contributed by atoms with Gasteiger partial charge in [0.15, 0.2) is 0 Å². The molecule has 4 heteroatoms. The molecule has 0 bridgehead atoms. The molecule has 0 saturated heterocycles.